The number of para-hydroxylation sites is 1. The number of anilines is 1. The predicted molar refractivity (Wildman–Crippen MR) is 105 cm³/mol. The van der Waals surface area contributed by atoms with E-state index in [0.29, 0.717) is 0 Å². The summed E-state index contributed by atoms with van der Waals surface area (Å²) in [5, 5.41) is 0. The van der Waals surface area contributed by atoms with E-state index in [1.807, 2.05) is 97.9 Å². The van der Waals surface area contributed by atoms with Crippen molar-refractivity contribution in [2.75, 3.05) is 4.90 Å². The Labute approximate surface area is 153 Å². The zero-order chi connectivity index (χ0) is 17.5. The summed E-state index contributed by atoms with van der Waals surface area (Å²) in [7, 11) is 0. The molecule has 1 aliphatic rings. The fraction of sp³-hybridized carbons (Fsp3) is 0.136. The molecular weight excluding hydrogens is 326 g/mol. The molecule has 0 aliphatic carbocycles. The first kappa shape index (κ1) is 16.0. The van der Waals surface area contributed by atoms with Gasteiger partial charge in [-0.2, -0.15) is 0 Å². The van der Waals surface area contributed by atoms with Crippen LogP contribution in [0, 0.1) is 0 Å². The summed E-state index contributed by atoms with van der Waals surface area (Å²) in [5.41, 5.74) is 2.10. The van der Waals surface area contributed by atoms with E-state index in [-0.39, 0.29) is 5.91 Å². The van der Waals surface area contributed by atoms with Crippen molar-refractivity contribution in [3.05, 3.63) is 102 Å². The second-order valence-corrected chi connectivity index (χ2v) is 7.15. The Morgan fingerprint density at radius 2 is 1.16 bits per heavy atom. The molecule has 1 aliphatic heterocycles. The number of amides is 1. The molecule has 0 aromatic heterocycles. The van der Waals surface area contributed by atoms with E-state index in [9.17, 15) is 4.79 Å². The van der Waals surface area contributed by atoms with Crippen LogP contribution in [0.25, 0.3) is 0 Å². The topological polar surface area (TPSA) is 20.3 Å². The molecule has 25 heavy (non-hydrogen) atoms. The number of β-lactam (4-membered cyclic amide) rings is 1. The minimum absolute atomic E-state index is 0.0590. The SMILES string of the molecule is C[C@@]1(c2ccccc2)C(=O)N(c2ccccc2)[C@@]1(S)c1ccccc1. The van der Waals surface area contributed by atoms with Crippen molar-refractivity contribution < 1.29 is 4.79 Å². The predicted octanol–water partition coefficient (Wildman–Crippen LogP) is 4.77. The van der Waals surface area contributed by atoms with E-state index >= 15 is 0 Å². The van der Waals surface area contributed by atoms with Crippen LogP contribution >= 0.6 is 12.6 Å². The molecule has 124 valence electrons. The molecule has 1 heterocycles. The smallest absolute Gasteiger partial charge is 0.242 e. The average molecular weight is 345 g/mol. The Hall–Kier alpha value is -2.52. The molecule has 3 aromatic rings. The lowest BCUT2D eigenvalue weighted by Crippen LogP contribution is -2.75. The van der Waals surface area contributed by atoms with Crippen LogP contribution in [0.15, 0.2) is 91.0 Å². The lowest BCUT2D eigenvalue weighted by Gasteiger charge is -2.61. The Balaban J connectivity index is 1.93. The Morgan fingerprint density at radius 1 is 0.720 bits per heavy atom. The standard InChI is InChI=1S/C22H19NOS/c1-21(17-11-5-2-6-12-17)20(24)23(19-15-9-4-10-16-19)22(21,25)18-13-7-3-8-14-18/h2-16,25H,1H3/t21-,22-/m1/s1. The molecule has 0 spiro atoms. The fourth-order valence-electron chi connectivity index (χ4n) is 3.76. The molecular formula is C22H19NOS. The summed E-state index contributed by atoms with van der Waals surface area (Å²) in [6.45, 7) is 1.99. The molecule has 3 aromatic carbocycles. The van der Waals surface area contributed by atoms with Crippen molar-refractivity contribution in [3.8, 4) is 0 Å². The maximum atomic E-state index is 13.4. The van der Waals surface area contributed by atoms with Crippen molar-refractivity contribution in [2.24, 2.45) is 0 Å². The molecule has 4 rings (SSSR count). The van der Waals surface area contributed by atoms with Gasteiger partial charge in [-0.15, -0.1) is 12.6 Å². The summed E-state index contributed by atoms with van der Waals surface area (Å²) in [6.07, 6.45) is 0. The minimum Gasteiger partial charge on any atom is -0.291 e. The van der Waals surface area contributed by atoms with E-state index in [0.717, 1.165) is 16.8 Å². The average Bonchev–Trinajstić information content (AvgIpc) is 2.69. The first-order valence-electron chi connectivity index (χ1n) is 8.33. The maximum Gasteiger partial charge on any atom is 0.242 e. The highest BCUT2D eigenvalue weighted by atomic mass is 32.1. The van der Waals surface area contributed by atoms with Crippen molar-refractivity contribution in [2.45, 2.75) is 17.2 Å². The van der Waals surface area contributed by atoms with Gasteiger partial charge in [0.25, 0.3) is 0 Å². The fourth-order valence-corrected chi connectivity index (χ4v) is 4.34. The van der Waals surface area contributed by atoms with Gasteiger partial charge < -0.3 is 0 Å². The lowest BCUT2D eigenvalue weighted by atomic mass is 9.64. The van der Waals surface area contributed by atoms with Gasteiger partial charge in [-0.1, -0.05) is 78.9 Å². The molecule has 2 nitrogen and oxygen atoms in total. The molecule has 1 saturated heterocycles. The van der Waals surface area contributed by atoms with Crippen LogP contribution in [-0.2, 0) is 15.1 Å². The summed E-state index contributed by atoms with van der Waals surface area (Å²) >= 11 is 5.13. The number of benzene rings is 3. The molecule has 1 fully saturated rings. The zero-order valence-electron chi connectivity index (χ0n) is 14.0. The van der Waals surface area contributed by atoms with Gasteiger partial charge in [0, 0.05) is 5.69 Å². The van der Waals surface area contributed by atoms with Crippen LogP contribution in [0.1, 0.15) is 18.1 Å². The Bertz CT molecular complexity index is 897. The van der Waals surface area contributed by atoms with Gasteiger partial charge in [0.15, 0.2) is 0 Å². The number of hydrogen-bond donors (Lipinski definition) is 1. The number of rotatable bonds is 3. The number of nitrogens with zero attached hydrogens (tertiary/aromatic N) is 1. The Morgan fingerprint density at radius 3 is 1.68 bits per heavy atom. The van der Waals surface area contributed by atoms with E-state index in [2.05, 4.69) is 0 Å². The highest BCUT2D eigenvalue weighted by Crippen LogP contribution is 2.60. The van der Waals surface area contributed by atoms with Gasteiger partial charge in [-0.05, 0) is 30.2 Å². The van der Waals surface area contributed by atoms with Crippen molar-refractivity contribution >= 4 is 24.2 Å². The van der Waals surface area contributed by atoms with Crippen LogP contribution in [0.5, 0.6) is 0 Å². The minimum atomic E-state index is -0.756. The molecule has 0 unspecified atom stereocenters. The van der Waals surface area contributed by atoms with Crippen molar-refractivity contribution in [1.29, 1.82) is 0 Å². The van der Waals surface area contributed by atoms with E-state index in [1.165, 1.54) is 0 Å². The second-order valence-electron chi connectivity index (χ2n) is 6.51. The van der Waals surface area contributed by atoms with Crippen molar-refractivity contribution in [1.82, 2.24) is 0 Å². The van der Waals surface area contributed by atoms with Gasteiger partial charge in [0.1, 0.15) is 10.3 Å². The third kappa shape index (κ3) is 2.09. The van der Waals surface area contributed by atoms with E-state index < -0.39 is 10.3 Å². The van der Waals surface area contributed by atoms with E-state index in [4.69, 9.17) is 12.6 Å². The van der Waals surface area contributed by atoms with Crippen LogP contribution in [0.2, 0.25) is 0 Å². The zero-order valence-corrected chi connectivity index (χ0v) is 14.9. The summed E-state index contributed by atoms with van der Waals surface area (Å²) in [5.74, 6) is 0.0590. The molecule has 0 bridgehead atoms. The molecule has 2 atom stereocenters. The number of carbonyl (C=O) groups excluding carboxylic acids is 1. The van der Waals surface area contributed by atoms with Crippen molar-refractivity contribution in [3.63, 3.8) is 0 Å². The van der Waals surface area contributed by atoms with Crippen LogP contribution in [-0.4, -0.2) is 5.91 Å². The molecule has 3 heteroatoms. The first-order valence-corrected chi connectivity index (χ1v) is 8.78. The third-order valence-electron chi connectivity index (χ3n) is 5.19. The van der Waals surface area contributed by atoms with E-state index in [1.54, 1.807) is 4.90 Å². The second kappa shape index (κ2) is 5.78. The maximum absolute atomic E-state index is 13.4. The first-order chi connectivity index (χ1) is 12.1. The van der Waals surface area contributed by atoms with Gasteiger partial charge >= 0.3 is 0 Å². The largest absolute Gasteiger partial charge is 0.291 e. The lowest BCUT2D eigenvalue weighted by molar-refractivity contribution is -0.133. The third-order valence-corrected chi connectivity index (χ3v) is 6.10. The molecule has 0 saturated carbocycles. The highest BCUT2D eigenvalue weighted by molar-refractivity contribution is 7.81. The van der Waals surface area contributed by atoms with Gasteiger partial charge in [-0.25, -0.2) is 0 Å². The monoisotopic (exact) mass is 345 g/mol. The van der Waals surface area contributed by atoms with Gasteiger partial charge in [0.05, 0.1) is 0 Å². The van der Waals surface area contributed by atoms with Gasteiger partial charge in [0.2, 0.25) is 5.91 Å². The van der Waals surface area contributed by atoms with Gasteiger partial charge in [-0.3, -0.25) is 9.69 Å². The summed E-state index contributed by atoms with van der Waals surface area (Å²) < 4.78 is 0. The normalized spacial score (nSPS) is 25.5. The highest BCUT2D eigenvalue weighted by Gasteiger charge is 2.68. The number of thiol groups is 1. The molecule has 0 N–H and O–H groups in total. The summed E-state index contributed by atoms with van der Waals surface area (Å²) in [6, 6.07) is 29.7. The van der Waals surface area contributed by atoms with Crippen LogP contribution in [0.3, 0.4) is 0 Å². The molecule has 1 amide bonds. The summed E-state index contributed by atoms with van der Waals surface area (Å²) in [4.78, 5) is 14.4. The van der Waals surface area contributed by atoms with Crippen LogP contribution in [0.4, 0.5) is 5.69 Å². The molecule has 0 radical (unpaired) electrons. The number of hydrogen-bond acceptors (Lipinski definition) is 2. The quantitative estimate of drug-likeness (QED) is 0.535. The Kier molecular flexibility index (Phi) is 3.69. The number of carbonyl (C=O) groups is 1. The van der Waals surface area contributed by atoms with Crippen LogP contribution < -0.4 is 4.90 Å².